The number of esters is 1. The van der Waals surface area contributed by atoms with Crippen molar-refractivity contribution in [2.24, 2.45) is 0 Å². The van der Waals surface area contributed by atoms with Crippen molar-refractivity contribution in [3.8, 4) is 0 Å². The van der Waals surface area contributed by atoms with Gasteiger partial charge in [0.1, 0.15) is 5.56 Å². The number of nitrogens with zero attached hydrogens (tertiary/aromatic N) is 1. The van der Waals surface area contributed by atoms with E-state index in [9.17, 15) is 14.7 Å². The molecule has 1 N–H and O–H groups in total. The number of carbonyl (C=O) groups excluding carboxylic acids is 1. The molecule has 6 nitrogen and oxygen atoms in total. The van der Waals surface area contributed by atoms with Crippen LogP contribution in [0.3, 0.4) is 0 Å². The number of ether oxygens (including phenoxy) is 1. The van der Waals surface area contributed by atoms with Crippen molar-refractivity contribution < 1.29 is 24.0 Å². The van der Waals surface area contributed by atoms with E-state index < -0.39 is 11.9 Å². The van der Waals surface area contributed by atoms with Gasteiger partial charge in [-0.3, -0.25) is 0 Å². The Bertz CT molecular complexity index is 595. The minimum absolute atomic E-state index is 0.0266. The van der Waals surface area contributed by atoms with Crippen molar-refractivity contribution in [3.05, 3.63) is 47.9 Å². The van der Waals surface area contributed by atoms with Crippen LogP contribution < -0.4 is 0 Å². The Morgan fingerprint density at radius 1 is 1.43 bits per heavy atom. The molecule has 21 heavy (non-hydrogen) atoms. The molecule has 112 valence electrons. The lowest BCUT2D eigenvalue weighted by atomic mass is 10.1. The molecule has 1 heterocycles. The van der Waals surface area contributed by atoms with Crippen LogP contribution in [0, 0.1) is 0 Å². The second-order valence-corrected chi connectivity index (χ2v) is 3.92. The Morgan fingerprint density at radius 2 is 2.14 bits per heavy atom. The Kier molecular flexibility index (Phi) is 6.13. The van der Waals surface area contributed by atoms with Gasteiger partial charge in [-0.15, -0.1) is 0 Å². The topological polar surface area (TPSA) is 89.6 Å². The third-order valence-corrected chi connectivity index (χ3v) is 2.50. The summed E-state index contributed by atoms with van der Waals surface area (Å²) < 4.78 is 9.76. The van der Waals surface area contributed by atoms with Crippen LogP contribution >= 0.6 is 0 Å². The summed E-state index contributed by atoms with van der Waals surface area (Å²) >= 11 is 0. The number of hydrogen-bond acceptors (Lipinski definition) is 5. The highest BCUT2D eigenvalue weighted by molar-refractivity contribution is 6.04. The molecular weight excluding hydrogens is 274 g/mol. The quantitative estimate of drug-likeness (QED) is 0.613. The lowest BCUT2D eigenvalue weighted by Gasteiger charge is -2.00. The smallest absolute Gasteiger partial charge is 0.361 e. The third-order valence-electron chi connectivity index (χ3n) is 2.50. The van der Waals surface area contributed by atoms with E-state index in [0.29, 0.717) is 5.57 Å². The molecule has 0 fully saturated rings. The maximum atomic E-state index is 11.7. The summed E-state index contributed by atoms with van der Waals surface area (Å²) in [6, 6.07) is 0. The van der Waals surface area contributed by atoms with Gasteiger partial charge in [0, 0.05) is 5.57 Å². The zero-order valence-electron chi connectivity index (χ0n) is 12.0. The molecule has 6 heteroatoms. The van der Waals surface area contributed by atoms with E-state index in [1.54, 1.807) is 19.1 Å². The van der Waals surface area contributed by atoms with Crippen LogP contribution in [0.4, 0.5) is 0 Å². The van der Waals surface area contributed by atoms with Gasteiger partial charge in [-0.25, -0.2) is 9.59 Å². The predicted molar refractivity (Wildman–Crippen MR) is 77.0 cm³/mol. The van der Waals surface area contributed by atoms with Gasteiger partial charge in [-0.2, -0.15) is 0 Å². The van der Waals surface area contributed by atoms with E-state index in [4.69, 9.17) is 9.26 Å². The van der Waals surface area contributed by atoms with Crippen LogP contribution in [-0.2, 0) is 4.74 Å². The fraction of sp³-hybridized carbons (Fsp3) is 0.267. The molecule has 0 aliphatic heterocycles. The van der Waals surface area contributed by atoms with Gasteiger partial charge in [0.25, 0.3) is 0 Å². The van der Waals surface area contributed by atoms with Crippen LogP contribution in [0.15, 0.2) is 35.4 Å². The Hall–Kier alpha value is -2.63. The van der Waals surface area contributed by atoms with Crippen molar-refractivity contribution in [2.75, 3.05) is 6.61 Å². The van der Waals surface area contributed by atoms with Crippen LogP contribution in [0.25, 0.3) is 5.57 Å². The van der Waals surface area contributed by atoms with Crippen molar-refractivity contribution in [2.45, 2.75) is 20.3 Å². The first-order valence-corrected chi connectivity index (χ1v) is 6.46. The molecule has 1 aromatic heterocycles. The van der Waals surface area contributed by atoms with E-state index in [1.807, 2.05) is 13.0 Å². The summed E-state index contributed by atoms with van der Waals surface area (Å²) in [5, 5.41) is 12.8. The van der Waals surface area contributed by atoms with E-state index in [0.717, 1.165) is 6.42 Å². The molecule has 0 saturated carbocycles. The number of hydrogen-bond donors (Lipinski definition) is 1. The summed E-state index contributed by atoms with van der Waals surface area (Å²) in [7, 11) is 0. The lowest BCUT2D eigenvalue weighted by molar-refractivity contribution is 0.0504. The number of carboxylic acid groups (broad SMARTS) is 1. The SMILES string of the molecule is C=C/C(=C\C=C/CC)c1onc(C(=O)OCC)c1C(=O)O. The van der Waals surface area contributed by atoms with Crippen molar-refractivity contribution >= 4 is 17.5 Å². The highest BCUT2D eigenvalue weighted by Gasteiger charge is 2.29. The molecule has 0 spiro atoms. The maximum absolute atomic E-state index is 11.7. The summed E-state index contributed by atoms with van der Waals surface area (Å²) in [5.74, 6) is -2.18. The first-order chi connectivity index (χ1) is 10.1. The molecule has 0 saturated heterocycles. The number of rotatable bonds is 7. The standard InChI is InChI=1S/C15H17NO5/c1-4-7-8-9-10(5-2)13-11(14(17)18)12(16-21-13)15(19)20-6-3/h5,7-9H,2,4,6H2,1,3H3,(H,17,18)/b8-7-,10-9+. The van der Waals surface area contributed by atoms with Crippen LogP contribution in [0.2, 0.25) is 0 Å². The van der Waals surface area contributed by atoms with Crippen molar-refractivity contribution in [1.82, 2.24) is 5.16 Å². The normalized spacial score (nSPS) is 11.6. The van der Waals surface area contributed by atoms with Gasteiger partial charge in [0.2, 0.25) is 5.69 Å². The van der Waals surface area contributed by atoms with Gasteiger partial charge >= 0.3 is 11.9 Å². The summed E-state index contributed by atoms with van der Waals surface area (Å²) in [6.45, 7) is 7.30. The highest BCUT2D eigenvalue weighted by Crippen LogP contribution is 2.24. The second-order valence-electron chi connectivity index (χ2n) is 3.92. The lowest BCUT2D eigenvalue weighted by Crippen LogP contribution is -2.11. The average Bonchev–Trinajstić information content (AvgIpc) is 2.89. The first-order valence-electron chi connectivity index (χ1n) is 6.46. The van der Waals surface area contributed by atoms with E-state index in [1.165, 1.54) is 6.08 Å². The number of aromatic carboxylic acids is 1. The monoisotopic (exact) mass is 291 g/mol. The maximum Gasteiger partial charge on any atom is 0.361 e. The zero-order chi connectivity index (χ0) is 15.8. The predicted octanol–water partition coefficient (Wildman–Crippen LogP) is 3.09. The number of carbonyl (C=O) groups is 2. The fourth-order valence-electron chi connectivity index (χ4n) is 1.57. The molecule has 0 aliphatic rings. The molecule has 1 rings (SSSR count). The van der Waals surface area contributed by atoms with Crippen LogP contribution in [0.1, 0.15) is 46.9 Å². The molecule has 0 unspecified atom stereocenters. The van der Waals surface area contributed by atoms with Gasteiger partial charge in [-0.05, 0) is 13.3 Å². The van der Waals surface area contributed by atoms with E-state index >= 15 is 0 Å². The van der Waals surface area contributed by atoms with Crippen molar-refractivity contribution in [1.29, 1.82) is 0 Å². The molecule has 0 aromatic carbocycles. The second kappa shape index (κ2) is 7.84. The van der Waals surface area contributed by atoms with E-state index in [2.05, 4.69) is 11.7 Å². The number of carboxylic acids is 1. The van der Waals surface area contributed by atoms with Crippen LogP contribution in [-0.4, -0.2) is 28.8 Å². The Labute approximate surface area is 122 Å². The molecule has 1 aromatic rings. The van der Waals surface area contributed by atoms with E-state index in [-0.39, 0.29) is 23.6 Å². The zero-order valence-corrected chi connectivity index (χ0v) is 12.0. The number of allylic oxidation sites excluding steroid dienone is 5. The molecule has 0 amide bonds. The van der Waals surface area contributed by atoms with Gasteiger partial charge in [-0.1, -0.05) is 43.0 Å². The van der Waals surface area contributed by atoms with Gasteiger partial charge in [0.05, 0.1) is 6.61 Å². The number of aromatic nitrogens is 1. The molecule has 0 atom stereocenters. The highest BCUT2D eigenvalue weighted by atomic mass is 16.5. The fourth-order valence-corrected chi connectivity index (χ4v) is 1.57. The van der Waals surface area contributed by atoms with Gasteiger partial charge in [0.15, 0.2) is 5.76 Å². The molecule has 0 aliphatic carbocycles. The van der Waals surface area contributed by atoms with Crippen LogP contribution in [0.5, 0.6) is 0 Å². The largest absolute Gasteiger partial charge is 0.477 e. The van der Waals surface area contributed by atoms with Crippen molar-refractivity contribution in [3.63, 3.8) is 0 Å². The Morgan fingerprint density at radius 3 is 2.67 bits per heavy atom. The summed E-state index contributed by atoms with van der Waals surface area (Å²) in [6.07, 6.45) is 7.53. The summed E-state index contributed by atoms with van der Waals surface area (Å²) in [4.78, 5) is 23.1. The van der Waals surface area contributed by atoms with Gasteiger partial charge < -0.3 is 14.4 Å². The summed E-state index contributed by atoms with van der Waals surface area (Å²) in [5.41, 5.74) is -0.267. The first kappa shape index (κ1) is 16.4. The molecule has 0 radical (unpaired) electrons. The molecular formula is C15H17NO5. The minimum atomic E-state index is -1.32. The Balaban J connectivity index is 3.33. The average molecular weight is 291 g/mol. The minimum Gasteiger partial charge on any atom is -0.477 e. The third kappa shape index (κ3) is 3.92. The molecule has 0 bridgehead atoms.